The SMILES string of the molecule is CCNc1cc(N2CCCC(CO)C2)nc(N)n1. The van der Waals surface area contributed by atoms with Gasteiger partial charge in [0.1, 0.15) is 11.6 Å². The Morgan fingerprint density at radius 1 is 1.56 bits per heavy atom. The van der Waals surface area contributed by atoms with Gasteiger partial charge in [-0.25, -0.2) is 0 Å². The predicted octanol–water partition coefficient (Wildman–Crippen LogP) is 0.699. The van der Waals surface area contributed by atoms with Crippen molar-refractivity contribution in [2.45, 2.75) is 19.8 Å². The van der Waals surface area contributed by atoms with Crippen molar-refractivity contribution in [2.75, 3.05) is 42.2 Å². The molecule has 1 saturated heterocycles. The third kappa shape index (κ3) is 3.01. The number of nitrogens with two attached hydrogens (primary N) is 1. The van der Waals surface area contributed by atoms with Crippen LogP contribution in [0.1, 0.15) is 19.8 Å². The fourth-order valence-corrected chi connectivity index (χ4v) is 2.31. The van der Waals surface area contributed by atoms with Crippen LogP contribution in [0, 0.1) is 5.92 Å². The highest BCUT2D eigenvalue weighted by molar-refractivity contribution is 5.52. The number of aliphatic hydroxyl groups excluding tert-OH is 1. The summed E-state index contributed by atoms with van der Waals surface area (Å²) < 4.78 is 0. The Morgan fingerprint density at radius 3 is 3.11 bits per heavy atom. The van der Waals surface area contributed by atoms with Crippen molar-refractivity contribution in [2.24, 2.45) is 5.92 Å². The maximum Gasteiger partial charge on any atom is 0.223 e. The molecule has 1 fully saturated rings. The number of nitrogen functional groups attached to an aromatic ring is 1. The highest BCUT2D eigenvalue weighted by Crippen LogP contribution is 2.23. The number of aromatic nitrogens is 2. The van der Waals surface area contributed by atoms with Gasteiger partial charge in [-0.15, -0.1) is 0 Å². The van der Waals surface area contributed by atoms with E-state index < -0.39 is 0 Å². The number of piperidine rings is 1. The van der Waals surface area contributed by atoms with Crippen LogP contribution in [0.3, 0.4) is 0 Å². The first-order valence-corrected chi connectivity index (χ1v) is 6.47. The van der Waals surface area contributed by atoms with E-state index in [1.807, 2.05) is 13.0 Å². The maximum atomic E-state index is 9.25. The molecule has 6 nitrogen and oxygen atoms in total. The van der Waals surface area contributed by atoms with Crippen molar-refractivity contribution in [3.63, 3.8) is 0 Å². The van der Waals surface area contributed by atoms with Crippen LogP contribution in [0.25, 0.3) is 0 Å². The number of hydrogen-bond donors (Lipinski definition) is 3. The minimum absolute atomic E-state index is 0.233. The average molecular weight is 251 g/mol. The molecule has 6 heteroatoms. The molecule has 0 radical (unpaired) electrons. The molecule has 18 heavy (non-hydrogen) atoms. The maximum absolute atomic E-state index is 9.25. The van der Waals surface area contributed by atoms with Crippen LogP contribution in [-0.2, 0) is 0 Å². The van der Waals surface area contributed by atoms with E-state index >= 15 is 0 Å². The molecule has 0 bridgehead atoms. The van der Waals surface area contributed by atoms with E-state index in [1.165, 1.54) is 0 Å². The average Bonchev–Trinajstić information content (AvgIpc) is 2.38. The molecule has 0 saturated carbocycles. The van der Waals surface area contributed by atoms with Crippen molar-refractivity contribution in [3.8, 4) is 0 Å². The van der Waals surface area contributed by atoms with Gasteiger partial charge in [0.2, 0.25) is 5.95 Å². The minimum atomic E-state index is 0.233. The summed E-state index contributed by atoms with van der Waals surface area (Å²) in [7, 11) is 0. The van der Waals surface area contributed by atoms with Gasteiger partial charge in [0.15, 0.2) is 0 Å². The lowest BCUT2D eigenvalue weighted by Crippen LogP contribution is -2.37. The van der Waals surface area contributed by atoms with Gasteiger partial charge in [0, 0.05) is 32.3 Å². The molecule has 2 rings (SSSR count). The zero-order valence-electron chi connectivity index (χ0n) is 10.8. The molecular formula is C12H21N5O. The quantitative estimate of drug-likeness (QED) is 0.730. The van der Waals surface area contributed by atoms with E-state index in [1.54, 1.807) is 0 Å². The second kappa shape index (κ2) is 5.86. The fraction of sp³-hybridized carbons (Fsp3) is 0.667. The molecular weight excluding hydrogens is 230 g/mol. The van der Waals surface area contributed by atoms with Crippen molar-refractivity contribution >= 4 is 17.6 Å². The predicted molar refractivity (Wildman–Crippen MR) is 72.6 cm³/mol. The summed E-state index contributed by atoms with van der Waals surface area (Å²) in [6, 6.07) is 1.92. The van der Waals surface area contributed by atoms with Crippen LogP contribution in [0.15, 0.2) is 6.07 Å². The summed E-state index contributed by atoms with van der Waals surface area (Å²) in [6.07, 6.45) is 2.15. The topological polar surface area (TPSA) is 87.3 Å². The van der Waals surface area contributed by atoms with Crippen LogP contribution >= 0.6 is 0 Å². The minimum Gasteiger partial charge on any atom is -0.396 e. The molecule has 0 amide bonds. The number of aliphatic hydroxyl groups is 1. The Labute approximate surface area is 107 Å². The lowest BCUT2D eigenvalue weighted by molar-refractivity contribution is 0.208. The van der Waals surface area contributed by atoms with Crippen LogP contribution in [0.2, 0.25) is 0 Å². The van der Waals surface area contributed by atoms with Gasteiger partial charge in [0.05, 0.1) is 0 Å². The Kier molecular flexibility index (Phi) is 4.19. The highest BCUT2D eigenvalue weighted by Gasteiger charge is 2.21. The molecule has 0 spiro atoms. The molecule has 4 N–H and O–H groups in total. The molecule has 1 aromatic heterocycles. The highest BCUT2D eigenvalue weighted by atomic mass is 16.3. The van der Waals surface area contributed by atoms with Crippen LogP contribution < -0.4 is 16.0 Å². The summed E-state index contributed by atoms with van der Waals surface area (Å²) in [4.78, 5) is 10.6. The number of nitrogens with zero attached hydrogens (tertiary/aromatic N) is 3. The van der Waals surface area contributed by atoms with Crippen molar-refractivity contribution < 1.29 is 5.11 Å². The van der Waals surface area contributed by atoms with Gasteiger partial charge in [-0.3, -0.25) is 0 Å². The smallest absolute Gasteiger partial charge is 0.223 e. The lowest BCUT2D eigenvalue weighted by atomic mass is 9.99. The van der Waals surface area contributed by atoms with E-state index in [0.29, 0.717) is 5.92 Å². The number of nitrogens with one attached hydrogen (secondary N) is 1. The van der Waals surface area contributed by atoms with Gasteiger partial charge >= 0.3 is 0 Å². The first kappa shape index (κ1) is 12.9. The second-order valence-electron chi connectivity index (χ2n) is 4.64. The first-order valence-electron chi connectivity index (χ1n) is 6.47. The lowest BCUT2D eigenvalue weighted by Gasteiger charge is -2.32. The normalized spacial score (nSPS) is 19.9. The Bertz CT molecular complexity index is 398. The van der Waals surface area contributed by atoms with E-state index in [0.717, 1.165) is 44.1 Å². The monoisotopic (exact) mass is 251 g/mol. The molecule has 1 unspecified atom stereocenters. The number of rotatable bonds is 4. The number of anilines is 3. The molecule has 0 aromatic carbocycles. The van der Waals surface area contributed by atoms with Gasteiger partial charge in [0.25, 0.3) is 0 Å². The molecule has 1 atom stereocenters. The molecule has 2 heterocycles. The van der Waals surface area contributed by atoms with Gasteiger partial charge in [-0.2, -0.15) is 9.97 Å². The largest absolute Gasteiger partial charge is 0.396 e. The van der Waals surface area contributed by atoms with Gasteiger partial charge < -0.3 is 21.1 Å². The van der Waals surface area contributed by atoms with Crippen LogP contribution in [0.4, 0.5) is 17.6 Å². The standard InChI is InChI=1S/C12H21N5O/c1-2-14-10-6-11(16-12(13)15-10)17-5-3-4-9(7-17)8-18/h6,9,18H,2-5,7-8H2,1H3,(H3,13,14,15,16). The van der Waals surface area contributed by atoms with Gasteiger partial charge in [-0.1, -0.05) is 0 Å². The third-order valence-corrected chi connectivity index (χ3v) is 3.19. The first-order chi connectivity index (χ1) is 8.72. The second-order valence-corrected chi connectivity index (χ2v) is 4.64. The van der Waals surface area contributed by atoms with Crippen molar-refractivity contribution in [1.29, 1.82) is 0 Å². The van der Waals surface area contributed by atoms with Gasteiger partial charge in [-0.05, 0) is 25.7 Å². The Balaban J connectivity index is 2.16. The molecule has 1 aromatic rings. The summed E-state index contributed by atoms with van der Waals surface area (Å²) in [6.45, 7) is 4.84. The Morgan fingerprint density at radius 2 is 2.39 bits per heavy atom. The van der Waals surface area contributed by atoms with Crippen LogP contribution in [0.5, 0.6) is 0 Å². The molecule has 0 aliphatic carbocycles. The zero-order valence-corrected chi connectivity index (χ0v) is 10.8. The van der Waals surface area contributed by atoms with E-state index in [2.05, 4.69) is 20.2 Å². The van der Waals surface area contributed by atoms with Crippen molar-refractivity contribution in [3.05, 3.63) is 6.07 Å². The molecule has 1 aliphatic heterocycles. The zero-order chi connectivity index (χ0) is 13.0. The summed E-state index contributed by atoms with van der Waals surface area (Å²) in [5.74, 6) is 2.22. The Hall–Kier alpha value is -1.56. The third-order valence-electron chi connectivity index (χ3n) is 3.19. The summed E-state index contributed by atoms with van der Waals surface area (Å²) >= 11 is 0. The summed E-state index contributed by atoms with van der Waals surface area (Å²) in [5, 5.41) is 12.4. The van der Waals surface area contributed by atoms with E-state index in [4.69, 9.17) is 5.73 Å². The fourth-order valence-electron chi connectivity index (χ4n) is 2.31. The van der Waals surface area contributed by atoms with Crippen LogP contribution in [-0.4, -0.2) is 41.3 Å². The number of hydrogen-bond acceptors (Lipinski definition) is 6. The molecule has 1 aliphatic rings. The van der Waals surface area contributed by atoms with E-state index in [-0.39, 0.29) is 12.6 Å². The molecule has 100 valence electrons. The van der Waals surface area contributed by atoms with E-state index in [9.17, 15) is 5.11 Å². The summed E-state index contributed by atoms with van der Waals surface area (Å²) in [5.41, 5.74) is 5.73. The van der Waals surface area contributed by atoms with Crippen molar-refractivity contribution in [1.82, 2.24) is 9.97 Å².